The van der Waals surface area contributed by atoms with Crippen LogP contribution in [0.5, 0.6) is 0 Å². The van der Waals surface area contributed by atoms with Gasteiger partial charge in [-0.25, -0.2) is 9.59 Å². The molecule has 7 heteroatoms. The second-order valence-corrected chi connectivity index (χ2v) is 6.36. The molecule has 0 aliphatic rings. The number of aromatic nitrogens is 1. The topological polar surface area (TPSA) is 89.4 Å². The van der Waals surface area contributed by atoms with E-state index in [9.17, 15) is 14.4 Å². The third kappa shape index (κ3) is 4.70. The molecule has 148 valence electrons. The average Bonchev–Trinajstić information content (AvgIpc) is 3.27. The maximum absolute atomic E-state index is 12.8. The third-order valence-corrected chi connectivity index (χ3v) is 4.36. The van der Waals surface area contributed by atoms with Gasteiger partial charge in [-0.3, -0.25) is 10.1 Å². The first kappa shape index (κ1) is 19.9. The van der Waals surface area contributed by atoms with E-state index in [0.29, 0.717) is 11.1 Å². The molecule has 2 aromatic carbocycles. The Kier molecular flexibility index (Phi) is 6.09. The van der Waals surface area contributed by atoms with Crippen molar-refractivity contribution in [2.24, 2.45) is 0 Å². The van der Waals surface area contributed by atoms with E-state index in [-0.39, 0.29) is 0 Å². The van der Waals surface area contributed by atoms with Crippen molar-refractivity contribution in [1.29, 1.82) is 0 Å². The highest BCUT2D eigenvalue weighted by molar-refractivity contribution is 5.99. The highest BCUT2D eigenvalue weighted by atomic mass is 16.5. The van der Waals surface area contributed by atoms with Crippen LogP contribution in [0.4, 0.5) is 4.79 Å². The molecule has 0 saturated carbocycles. The number of esters is 1. The summed E-state index contributed by atoms with van der Waals surface area (Å²) in [4.78, 5) is 36.9. The average molecular weight is 391 g/mol. The number of ether oxygens (including phenoxy) is 1. The minimum absolute atomic E-state index is 0.299. The first-order valence-electron chi connectivity index (χ1n) is 9.02. The quantitative estimate of drug-likeness (QED) is 0.654. The van der Waals surface area contributed by atoms with Gasteiger partial charge in [0.2, 0.25) is 6.10 Å². The van der Waals surface area contributed by atoms with Crippen molar-refractivity contribution in [1.82, 2.24) is 15.2 Å². The van der Waals surface area contributed by atoms with Gasteiger partial charge in [0.1, 0.15) is 0 Å². The minimum Gasteiger partial charge on any atom is -0.444 e. The number of rotatable bonds is 5. The summed E-state index contributed by atoms with van der Waals surface area (Å²) in [5.41, 5.74) is 2.57. The van der Waals surface area contributed by atoms with E-state index in [2.05, 4.69) is 10.6 Å². The summed E-state index contributed by atoms with van der Waals surface area (Å²) in [6.45, 7) is 1.94. The van der Waals surface area contributed by atoms with E-state index in [1.807, 2.05) is 42.1 Å². The van der Waals surface area contributed by atoms with Crippen molar-refractivity contribution >= 4 is 17.9 Å². The molecule has 1 atom stereocenters. The molecular weight excluding hydrogens is 370 g/mol. The molecule has 1 heterocycles. The lowest BCUT2D eigenvalue weighted by Gasteiger charge is -2.18. The minimum atomic E-state index is -1.27. The molecule has 0 aliphatic heterocycles. The highest BCUT2D eigenvalue weighted by Gasteiger charge is 2.27. The molecule has 1 aromatic heterocycles. The number of carbonyl (C=O) groups excluding carboxylic acids is 3. The maximum Gasteiger partial charge on any atom is 0.339 e. The molecule has 0 fully saturated rings. The first-order valence-corrected chi connectivity index (χ1v) is 9.02. The van der Waals surface area contributed by atoms with E-state index >= 15 is 0 Å². The van der Waals surface area contributed by atoms with Crippen LogP contribution in [0.25, 0.3) is 5.69 Å². The maximum atomic E-state index is 12.8. The second kappa shape index (κ2) is 8.88. The van der Waals surface area contributed by atoms with E-state index < -0.39 is 24.0 Å². The Labute approximate surface area is 168 Å². The van der Waals surface area contributed by atoms with Crippen LogP contribution in [0.2, 0.25) is 0 Å². The van der Waals surface area contributed by atoms with Crippen molar-refractivity contribution in [3.63, 3.8) is 0 Å². The largest absolute Gasteiger partial charge is 0.444 e. The lowest BCUT2D eigenvalue weighted by atomic mass is 10.1. The summed E-state index contributed by atoms with van der Waals surface area (Å²) in [5.74, 6) is -1.40. The molecule has 0 bridgehead atoms. The molecule has 3 aromatic rings. The number of benzene rings is 2. The van der Waals surface area contributed by atoms with Crippen LogP contribution in [0.15, 0.2) is 73.1 Å². The fourth-order valence-electron chi connectivity index (χ4n) is 2.83. The number of nitrogens with one attached hydrogen (secondary N) is 2. The van der Waals surface area contributed by atoms with Crippen LogP contribution in [-0.2, 0) is 9.53 Å². The van der Waals surface area contributed by atoms with Crippen molar-refractivity contribution in [2.45, 2.75) is 13.0 Å². The molecule has 0 aliphatic carbocycles. The summed E-state index contributed by atoms with van der Waals surface area (Å²) in [6.07, 6.45) is 2.49. The van der Waals surface area contributed by atoms with Crippen molar-refractivity contribution in [3.05, 3.63) is 89.7 Å². The number of hydrogen-bond acceptors (Lipinski definition) is 4. The standard InChI is InChI=1S/C22H21N3O4/c1-15-10-11-17(14-18(15)25-12-6-7-13-25)21(27)29-19(16-8-4-3-5-9-16)20(26)24-22(28)23-2/h3-14,19H,1-2H3,(H2,23,24,26,28). The Morgan fingerprint density at radius 2 is 1.66 bits per heavy atom. The smallest absolute Gasteiger partial charge is 0.339 e. The molecule has 7 nitrogen and oxygen atoms in total. The van der Waals surface area contributed by atoms with Gasteiger partial charge in [-0.15, -0.1) is 0 Å². The molecule has 29 heavy (non-hydrogen) atoms. The Hall–Kier alpha value is -3.87. The molecule has 3 rings (SSSR count). The number of imide groups is 1. The zero-order valence-electron chi connectivity index (χ0n) is 16.1. The fourth-order valence-corrected chi connectivity index (χ4v) is 2.83. The SMILES string of the molecule is CNC(=O)NC(=O)C(OC(=O)c1ccc(C)c(-n2cccc2)c1)c1ccccc1. The first-order chi connectivity index (χ1) is 14.0. The molecule has 2 N–H and O–H groups in total. The zero-order valence-corrected chi connectivity index (χ0v) is 16.1. The third-order valence-electron chi connectivity index (χ3n) is 4.36. The predicted octanol–water partition coefficient (Wildman–Crippen LogP) is 3.14. The van der Waals surface area contributed by atoms with Crippen LogP contribution < -0.4 is 10.6 Å². The van der Waals surface area contributed by atoms with Gasteiger partial charge in [-0.2, -0.15) is 0 Å². The summed E-state index contributed by atoms with van der Waals surface area (Å²) >= 11 is 0. The summed E-state index contributed by atoms with van der Waals surface area (Å²) in [7, 11) is 1.39. The molecule has 3 amide bonds. The van der Waals surface area contributed by atoms with E-state index in [4.69, 9.17) is 4.74 Å². The van der Waals surface area contributed by atoms with Crippen molar-refractivity contribution < 1.29 is 19.1 Å². The molecule has 0 spiro atoms. The van der Waals surface area contributed by atoms with Crippen LogP contribution in [-0.4, -0.2) is 29.5 Å². The van der Waals surface area contributed by atoms with E-state index in [1.54, 1.807) is 42.5 Å². The summed E-state index contributed by atoms with van der Waals surface area (Å²) in [6, 6.07) is 16.8. The van der Waals surface area contributed by atoms with Gasteiger partial charge in [0.25, 0.3) is 5.91 Å². The Morgan fingerprint density at radius 1 is 0.966 bits per heavy atom. The fraction of sp³-hybridized carbons (Fsp3) is 0.136. The predicted molar refractivity (Wildman–Crippen MR) is 108 cm³/mol. The number of hydrogen-bond donors (Lipinski definition) is 2. The van der Waals surface area contributed by atoms with Crippen LogP contribution >= 0.6 is 0 Å². The Morgan fingerprint density at radius 3 is 2.31 bits per heavy atom. The lowest BCUT2D eigenvalue weighted by Crippen LogP contribution is -2.41. The number of urea groups is 1. The number of amides is 3. The van der Waals surface area contributed by atoms with Crippen molar-refractivity contribution in [3.8, 4) is 5.69 Å². The summed E-state index contributed by atoms with van der Waals surface area (Å²) in [5, 5.41) is 4.46. The van der Waals surface area contributed by atoms with Crippen LogP contribution in [0.3, 0.4) is 0 Å². The molecule has 0 saturated heterocycles. The molecular formula is C22H21N3O4. The van der Waals surface area contributed by atoms with Gasteiger partial charge < -0.3 is 14.6 Å². The van der Waals surface area contributed by atoms with Crippen LogP contribution in [0, 0.1) is 6.92 Å². The van der Waals surface area contributed by atoms with Crippen LogP contribution in [0.1, 0.15) is 27.6 Å². The monoisotopic (exact) mass is 391 g/mol. The number of nitrogens with zero attached hydrogens (tertiary/aromatic N) is 1. The number of carbonyl (C=O) groups is 3. The van der Waals surface area contributed by atoms with Gasteiger partial charge in [-0.05, 0) is 36.8 Å². The van der Waals surface area contributed by atoms with Gasteiger partial charge in [0, 0.05) is 30.7 Å². The van der Waals surface area contributed by atoms with Gasteiger partial charge in [0.05, 0.1) is 5.56 Å². The highest BCUT2D eigenvalue weighted by Crippen LogP contribution is 2.22. The Bertz CT molecular complexity index is 1010. The molecule has 0 radical (unpaired) electrons. The normalized spacial score (nSPS) is 11.4. The number of aryl methyl sites for hydroxylation is 1. The van der Waals surface area contributed by atoms with Gasteiger partial charge in [0.15, 0.2) is 0 Å². The second-order valence-electron chi connectivity index (χ2n) is 6.36. The van der Waals surface area contributed by atoms with E-state index in [1.165, 1.54) is 7.05 Å². The van der Waals surface area contributed by atoms with E-state index in [0.717, 1.165) is 11.3 Å². The van der Waals surface area contributed by atoms with Gasteiger partial charge >= 0.3 is 12.0 Å². The lowest BCUT2D eigenvalue weighted by molar-refractivity contribution is -0.129. The zero-order chi connectivity index (χ0) is 20.8. The Balaban J connectivity index is 1.88. The summed E-state index contributed by atoms with van der Waals surface area (Å²) < 4.78 is 7.39. The van der Waals surface area contributed by atoms with Crippen molar-refractivity contribution in [2.75, 3.05) is 7.05 Å². The van der Waals surface area contributed by atoms with Gasteiger partial charge in [-0.1, -0.05) is 36.4 Å². The molecule has 1 unspecified atom stereocenters.